The molecule has 2 aromatic rings. The second kappa shape index (κ2) is 7.92. The highest BCUT2D eigenvalue weighted by Gasteiger charge is 2.16. The predicted octanol–water partition coefficient (Wildman–Crippen LogP) is 5.53. The van der Waals surface area contributed by atoms with Gasteiger partial charge in [-0.1, -0.05) is 58.7 Å². The molecule has 0 fully saturated rings. The first-order chi connectivity index (χ1) is 10.1. The minimum absolute atomic E-state index is 0.142. The van der Waals surface area contributed by atoms with Gasteiger partial charge in [0, 0.05) is 15.5 Å². The van der Waals surface area contributed by atoms with Crippen LogP contribution < -0.4 is 5.32 Å². The molecule has 1 N–H and O–H groups in total. The molecular formula is C17H18BrClFN. The molecule has 0 aliphatic heterocycles. The van der Waals surface area contributed by atoms with Crippen molar-refractivity contribution in [2.75, 3.05) is 6.54 Å². The number of hydrogen-bond donors (Lipinski definition) is 1. The zero-order chi connectivity index (χ0) is 15.2. The average molecular weight is 371 g/mol. The maximum atomic E-state index is 13.2. The van der Waals surface area contributed by atoms with E-state index in [4.69, 9.17) is 11.6 Å². The van der Waals surface area contributed by atoms with E-state index in [2.05, 4.69) is 34.2 Å². The van der Waals surface area contributed by atoms with E-state index in [9.17, 15) is 4.39 Å². The zero-order valence-electron chi connectivity index (χ0n) is 11.9. The molecule has 4 heteroatoms. The van der Waals surface area contributed by atoms with E-state index in [1.807, 2.05) is 18.2 Å². The van der Waals surface area contributed by atoms with Gasteiger partial charge in [0.1, 0.15) is 5.82 Å². The first-order valence-electron chi connectivity index (χ1n) is 7.03. The molecular weight excluding hydrogens is 353 g/mol. The quantitative estimate of drug-likeness (QED) is 0.705. The lowest BCUT2D eigenvalue weighted by atomic mass is 9.98. The van der Waals surface area contributed by atoms with Crippen molar-refractivity contribution in [3.05, 3.63) is 68.9 Å². The Hall–Kier alpha value is -0.900. The van der Waals surface area contributed by atoms with E-state index in [-0.39, 0.29) is 11.9 Å². The third-order valence-electron chi connectivity index (χ3n) is 3.36. The van der Waals surface area contributed by atoms with Crippen molar-refractivity contribution in [2.24, 2.45) is 0 Å². The Labute approximate surface area is 138 Å². The molecule has 0 bridgehead atoms. The average Bonchev–Trinajstić information content (AvgIpc) is 2.46. The molecule has 0 aliphatic rings. The van der Waals surface area contributed by atoms with Crippen molar-refractivity contribution in [2.45, 2.75) is 25.8 Å². The van der Waals surface area contributed by atoms with Gasteiger partial charge >= 0.3 is 0 Å². The standard InChI is InChI=1S/C17H18BrClFN/c1-2-9-21-17(14-5-3-4-6-15(14)18)10-12-7-8-13(20)11-16(12)19/h3-8,11,17,21H,2,9-10H2,1H3. The van der Waals surface area contributed by atoms with Gasteiger partial charge in [-0.05, 0) is 48.7 Å². The molecule has 2 aromatic carbocycles. The predicted molar refractivity (Wildman–Crippen MR) is 90.3 cm³/mol. The normalized spacial score (nSPS) is 12.4. The third-order valence-corrected chi connectivity index (χ3v) is 4.43. The maximum absolute atomic E-state index is 13.2. The van der Waals surface area contributed by atoms with Gasteiger partial charge in [0.2, 0.25) is 0 Å². The molecule has 0 saturated heterocycles. The minimum Gasteiger partial charge on any atom is -0.310 e. The van der Waals surface area contributed by atoms with E-state index < -0.39 is 0 Å². The van der Waals surface area contributed by atoms with Crippen LogP contribution in [-0.2, 0) is 6.42 Å². The Morgan fingerprint density at radius 1 is 1.24 bits per heavy atom. The van der Waals surface area contributed by atoms with Gasteiger partial charge in [-0.15, -0.1) is 0 Å². The van der Waals surface area contributed by atoms with Crippen LogP contribution in [0.2, 0.25) is 5.02 Å². The van der Waals surface area contributed by atoms with Crippen molar-refractivity contribution in [1.29, 1.82) is 0 Å². The SMILES string of the molecule is CCCNC(Cc1ccc(F)cc1Cl)c1ccccc1Br. The molecule has 1 atom stereocenters. The van der Waals surface area contributed by atoms with Crippen LogP contribution in [0.15, 0.2) is 46.9 Å². The Bertz CT molecular complexity index is 603. The minimum atomic E-state index is -0.303. The summed E-state index contributed by atoms with van der Waals surface area (Å²) < 4.78 is 14.2. The third kappa shape index (κ3) is 4.53. The molecule has 0 spiro atoms. The van der Waals surface area contributed by atoms with Gasteiger partial charge in [-0.25, -0.2) is 4.39 Å². The zero-order valence-corrected chi connectivity index (χ0v) is 14.2. The van der Waals surface area contributed by atoms with Crippen LogP contribution in [0.3, 0.4) is 0 Å². The smallest absolute Gasteiger partial charge is 0.124 e. The summed E-state index contributed by atoms with van der Waals surface area (Å²) in [6, 6.07) is 12.9. The molecule has 0 heterocycles. The van der Waals surface area contributed by atoms with Crippen LogP contribution in [0.5, 0.6) is 0 Å². The van der Waals surface area contributed by atoms with Crippen LogP contribution >= 0.6 is 27.5 Å². The van der Waals surface area contributed by atoms with Crippen molar-refractivity contribution < 1.29 is 4.39 Å². The Kier molecular flexibility index (Phi) is 6.22. The first kappa shape index (κ1) is 16.5. The van der Waals surface area contributed by atoms with E-state index in [1.54, 1.807) is 6.07 Å². The molecule has 0 saturated carbocycles. The van der Waals surface area contributed by atoms with Crippen molar-refractivity contribution in [3.8, 4) is 0 Å². The number of benzene rings is 2. The largest absolute Gasteiger partial charge is 0.310 e. The van der Waals surface area contributed by atoms with Gasteiger partial charge in [0.05, 0.1) is 0 Å². The summed E-state index contributed by atoms with van der Waals surface area (Å²) in [6.07, 6.45) is 1.78. The van der Waals surface area contributed by atoms with Crippen LogP contribution in [-0.4, -0.2) is 6.54 Å². The summed E-state index contributed by atoms with van der Waals surface area (Å²) in [5.41, 5.74) is 2.13. The molecule has 0 aromatic heterocycles. The van der Waals surface area contributed by atoms with Crippen LogP contribution in [0, 0.1) is 5.82 Å². The van der Waals surface area contributed by atoms with E-state index >= 15 is 0 Å². The van der Waals surface area contributed by atoms with Crippen LogP contribution in [0.25, 0.3) is 0 Å². The van der Waals surface area contributed by atoms with Crippen LogP contribution in [0.1, 0.15) is 30.5 Å². The molecule has 2 rings (SSSR count). The second-order valence-electron chi connectivity index (χ2n) is 4.97. The molecule has 0 aliphatic carbocycles. The van der Waals surface area contributed by atoms with Gasteiger partial charge in [0.15, 0.2) is 0 Å². The van der Waals surface area contributed by atoms with Crippen LogP contribution in [0.4, 0.5) is 4.39 Å². The molecule has 0 amide bonds. The fourth-order valence-corrected chi connectivity index (χ4v) is 3.08. The number of halogens is 3. The number of nitrogens with one attached hydrogen (secondary N) is 1. The van der Waals surface area contributed by atoms with Crippen molar-refractivity contribution in [3.63, 3.8) is 0 Å². The summed E-state index contributed by atoms with van der Waals surface area (Å²) in [7, 11) is 0. The van der Waals surface area contributed by atoms with Gasteiger partial charge < -0.3 is 5.32 Å². The van der Waals surface area contributed by atoms with E-state index in [1.165, 1.54) is 17.7 Å². The Morgan fingerprint density at radius 3 is 2.67 bits per heavy atom. The van der Waals surface area contributed by atoms with E-state index in [0.29, 0.717) is 5.02 Å². The second-order valence-corrected chi connectivity index (χ2v) is 6.23. The Balaban J connectivity index is 2.26. The summed E-state index contributed by atoms with van der Waals surface area (Å²) in [5.74, 6) is -0.303. The lowest BCUT2D eigenvalue weighted by Crippen LogP contribution is -2.24. The fraction of sp³-hybridized carbons (Fsp3) is 0.294. The van der Waals surface area contributed by atoms with Crippen molar-refractivity contribution in [1.82, 2.24) is 5.32 Å². The summed E-state index contributed by atoms with van der Waals surface area (Å²) in [6.45, 7) is 3.06. The highest BCUT2D eigenvalue weighted by molar-refractivity contribution is 9.10. The van der Waals surface area contributed by atoms with Crippen molar-refractivity contribution >= 4 is 27.5 Å². The van der Waals surface area contributed by atoms with Gasteiger partial charge in [-0.3, -0.25) is 0 Å². The summed E-state index contributed by atoms with van der Waals surface area (Å²) in [4.78, 5) is 0. The summed E-state index contributed by atoms with van der Waals surface area (Å²) >= 11 is 9.75. The highest BCUT2D eigenvalue weighted by atomic mass is 79.9. The molecule has 112 valence electrons. The van der Waals surface area contributed by atoms with E-state index in [0.717, 1.165) is 29.4 Å². The lowest BCUT2D eigenvalue weighted by molar-refractivity contribution is 0.527. The fourth-order valence-electron chi connectivity index (χ4n) is 2.28. The number of rotatable bonds is 6. The van der Waals surface area contributed by atoms with Gasteiger partial charge in [-0.2, -0.15) is 0 Å². The summed E-state index contributed by atoms with van der Waals surface area (Å²) in [5, 5.41) is 4.01. The molecule has 1 unspecified atom stereocenters. The van der Waals surface area contributed by atoms with Gasteiger partial charge in [0.25, 0.3) is 0 Å². The first-order valence-corrected chi connectivity index (χ1v) is 8.20. The molecule has 1 nitrogen and oxygen atoms in total. The topological polar surface area (TPSA) is 12.0 Å². The lowest BCUT2D eigenvalue weighted by Gasteiger charge is -2.21. The Morgan fingerprint density at radius 2 is 2.00 bits per heavy atom. The number of hydrogen-bond acceptors (Lipinski definition) is 1. The molecule has 21 heavy (non-hydrogen) atoms. The monoisotopic (exact) mass is 369 g/mol. The maximum Gasteiger partial charge on any atom is 0.124 e. The molecule has 0 radical (unpaired) electrons. The highest BCUT2D eigenvalue weighted by Crippen LogP contribution is 2.28.